The van der Waals surface area contributed by atoms with Gasteiger partial charge in [0.1, 0.15) is 11.6 Å². The third kappa shape index (κ3) is 1.83. The number of nitrogens with zero attached hydrogens (tertiary/aromatic N) is 3. The highest BCUT2D eigenvalue weighted by molar-refractivity contribution is 5.72. The number of hydrogen-bond donors (Lipinski definition) is 2. The van der Waals surface area contributed by atoms with Crippen LogP contribution in [0.3, 0.4) is 0 Å². The molecule has 1 aromatic rings. The first-order valence-corrected chi connectivity index (χ1v) is 3.89. The molecule has 1 unspecified atom stereocenters. The summed E-state index contributed by atoms with van der Waals surface area (Å²) in [6.45, 7) is 3.42. The maximum Gasteiger partial charge on any atom is 0.329 e. The Bertz CT molecular complexity index is 320. The number of carboxylic acid groups (broad SMARTS) is 1. The van der Waals surface area contributed by atoms with Crippen molar-refractivity contribution in [2.24, 2.45) is 5.73 Å². The van der Waals surface area contributed by atoms with Crippen LogP contribution in [0.4, 0.5) is 0 Å². The number of aliphatic carboxylic acids is 1. The molecule has 0 radical (unpaired) electrons. The highest BCUT2D eigenvalue weighted by Gasteiger charge is 2.20. The third-order valence-corrected chi connectivity index (χ3v) is 1.71. The molecule has 1 rings (SSSR count). The molecule has 1 aromatic heterocycles. The first kappa shape index (κ1) is 9.66. The molecule has 3 N–H and O–H groups in total. The van der Waals surface area contributed by atoms with Crippen molar-refractivity contribution in [3.05, 3.63) is 11.6 Å². The van der Waals surface area contributed by atoms with Gasteiger partial charge in [-0.3, -0.25) is 0 Å². The number of aromatic nitrogens is 3. The Balaban J connectivity index is 3.04. The number of carbonyl (C=O) groups is 1. The van der Waals surface area contributed by atoms with Crippen molar-refractivity contribution in [1.29, 1.82) is 0 Å². The molecule has 72 valence electrons. The van der Waals surface area contributed by atoms with Gasteiger partial charge in [-0.25, -0.2) is 14.5 Å². The molecule has 1 heterocycles. The van der Waals surface area contributed by atoms with Crippen molar-refractivity contribution < 1.29 is 9.90 Å². The van der Waals surface area contributed by atoms with E-state index >= 15 is 0 Å². The summed E-state index contributed by atoms with van der Waals surface area (Å²) in [6.07, 6.45) is 0. The Labute approximate surface area is 75.4 Å². The van der Waals surface area contributed by atoms with Crippen molar-refractivity contribution >= 4 is 5.97 Å². The van der Waals surface area contributed by atoms with E-state index < -0.39 is 12.0 Å². The van der Waals surface area contributed by atoms with Crippen molar-refractivity contribution in [3.63, 3.8) is 0 Å². The quantitative estimate of drug-likeness (QED) is 0.659. The van der Waals surface area contributed by atoms with Crippen LogP contribution in [0.15, 0.2) is 0 Å². The maximum atomic E-state index is 10.7. The van der Waals surface area contributed by atoms with Crippen LogP contribution in [0.1, 0.15) is 17.7 Å². The zero-order valence-electron chi connectivity index (χ0n) is 7.56. The van der Waals surface area contributed by atoms with Gasteiger partial charge in [-0.15, -0.1) is 0 Å². The number of hydrogen-bond acceptors (Lipinski definition) is 4. The molecule has 0 fully saturated rings. The van der Waals surface area contributed by atoms with Crippen LogP contribution in [-0.2, 0) is 4.79 Å². The number of aryl methyl sites for hydroxylation is 2. The molecular weight excluding hydrogens is 172 g/mol. The minimum absolute atomic E-state index is 0.0129. The highest BCUT2D eigenvalue weighted by Crippen LogP contribution is 2.06. The summed E-state index contributed by atoms with van der Waals surface area (Å²) in [5.74, 6) is 0.128. The van der Waals surface area contributed by atoms with Gasteiger partial charge >= 0.3 is 5.97 Å². The van der Waals surface area contributed by atoms with Crippen LogP contribution >= 0.6 is 0 Å². The molecule has 0 aliphatic rings. The van der Waals surface area contributed by atoms with Gasteiger partial charge in [0.2, 0.25) is 0 Å². The molecule has 6 nitrogen and oxygen atoms in total. The zero-order chi connectivity index (χ0) is 10.0. The molecule has 0 aliphatic carbocycles. The predicted molar refractivity (Wildman–Crippen MR) is 45.2 cm³/mol. The van der Waals surface area contributed by atoms with E-state index in [4.69, 9.17) is 10.8 Å². The fraction of sp³-hybridized carbons (Fsp3) is 0.571. The van der Waals surface area contributed by atoms with E-state index in [2.05, 4.69) is 10.1 Å². The summed E-state index contributed by atoms with van der Waals surface area (Å²) < 4.78 is 1.33. The van der Waals surface area contributed by atoms with Crippen molar-refractivity contribution in [1.82, 2.24) is 14.8 Å². The topological polar surface area (TPSA) is 94.0 Å². The summed E-state index contributed by atoms with van der Waals surface area (Å²) in [5.41, 5.74) is 5.31. The van der Waals surface area contributed by atoms with E-state index in [0.717, 1.165) is 0 Å². The second-order valence-electron chi connectivity index (χ2n) is 2.74. The number of rotatable bonds is 3. The summed E-state index contributed by atoms with van der Waals surface area (Å²) in [6, 6.07) is -0.818. The average molecular weight is 184 g/mol. The fourth-order valence-corrected chi connectivity index (χ4v) is 1.14. The van der Waals surface area contributed by atoms with Gasteiger partial charge in [0.25, 0.3) is 0 Å². The van der Waals surface area contributed by atoms with Crippen LogP contribution in [0.25, 0.3) is 0 Å². The Hall–Kier alpha value is -1.43. The van der Waals surface area contributed by atoms with E-state index in [1.54, 1.807) is 13.8 Å². The summed E-state index contributed by atoms with van der Waals surface area (Å²) >= 11 is 0. The Morgan fingerprint density at radius 3 is 2.62 bits per heavy atom. The lowest BCUT2D eigenvalue weighted by Crippen LogP contribution is -2.28. The lowest BCUT2D eigenvalue weighted by Gasteiger charge is -2.10. The van der Waals surface area contributed by atoms with Gasteiger partial charge in [0.15, 0.2) is 6.04 Å². The molecule has 13 heavy (non-hydrogen) atoms. The average Bonchev–Trinajstić information content (AvgIpc) is 2.31. The molecular formula is C7H12N4O2. The second-order valence-corrected chi connectivity index (χ2v) is 2.74. The minimum atomic E-state index is -0.990. The van der Waals surface area contributed by atoms with Gasteiger partial charge in [0.05, 0.1) is 0 Å². The molecule has 0 aliphatic heterocycles. The third-order valence-electron chi connectivity index (χ3n) is 1.71. The first-order valence-electron chi connectivity index (χ1n) is 3.89. The smallest absolute Gasteiger partial charge is 0.329 e. The van der Waals surface area contributed by atoms with Gasteiger partial charge in [0, 0.05) is 6.54 Å². The molecule has 0 bridgehead atoms. The summed E-state index contributed by atoms with van der Waals surface area (Å²) in [5, 5.41) is 12.7. The van der Waals surface area contributed by atoms with Crippen LogP contribution in [0.2, 0.25) is 0 Å². The van der Waals surface area contributed by atoms with Gasteiger partial charge in [-0.1, -0.05) is 0 Å². The highest BCUT2D eigenvalue weighted by atomic mass is 16.4. The normalized spacial score (nSPS) is 12.8. The molecule has 0 saturated carbocycles. The number of carboxylic acids is 1. The lowest BCUT2D eigenvalue weighted by molar-refractivity contribution is -0.140. The van der Waals surface area contributed by atoms with Crippen LogP contribution in [0, 0.1) is 13.8 Å². The monoisotopic (exact) mass is 184 g/mol. The lowest BCUT2D eigenvalue weighted by atomic mass is 10.3. The Morgan fingerprint density at radius 1 is 1.69 bits per heavy atom. The molecule has 6 heteroatoms. The van der Waals surface area contributed by atoms with Gasteiger partial charge < -0.3 is 10.8 Å². The van der Waals surface area contributed by atoms with Crippen molar-refractivity contribution in [3.8, 4) is 0 Å². The Kier molecular flexibility index (Phi) is 2.62. The van der Waals surface area contributed by atoms with Crippen LogP contribution in [-0.4, -0.2) is 32.4 Å². The van der Waals surface area contributed by atoms with Crippen LogP contribution in [0.5, 0.6) is 0 Å². The van der Waals surface area contributed by atoms with Crippen LogP contribution < -0.4 is 5.73 Å². The maximum absolute atomic E-state index is 10.7. The van der Waals surface area contributed by atoms with E-state index in [0.29, 0.717) is 11.6 Å². The predicted octanol–water partition coefficient (Wildman–Crippen LogP) is -0.521. The standard InChI is InChI=1S/C7H12N4O2/c1-4-9-5(2)11(10-4)6(3-8)7(12)13/h6H,3,8H2,1-2H3,(H,12,13). The number of nitrogens with two attached hydrogens (primary N) is 1. The zero-order valence-corrected chi connectivity index (χ0v) is 7.56. The molecule has 0 aromatic carbocycles. The summed E-state index contributed by atoms with van der Waals surface area (Å²) in [4.78, 5) is 14.7. The van der Waals surface area contributed by atoms with E-state index in [1.165, 1.54) is 4.68 Å². The van der Waals surface area contributed by atoms with Gasteiger partial charge in [-0.2, -0.15) is 5.10 Å². The SMILES string of the molecule is Cc1nc(C)n(C(CN)C(=O)O)n1. The van der Waals surface area contributed by atoms with Crippen molar-refractivity contribution in [2.45, 2.75) is 19.9 Å². The second kappa shape index (κ2) is 3.53. The van der Waals surface area contributed by atoms with Crippen molar-refractivity contribution in [2.75, 3.05) is 6.54 Å². The largest absolute Gasteiger partial charge is 0.480 e. The van der Waals surface area contributed by atoms with Gasteiger partial charge in [-0.05, 0) is 13.8 Å². The van der Waals surface area contributed by atoms with E-state index in [1.807, 2.05) is 0 Å². The van der Waals surface area contributed by atoms with E-state index in [-0.39, 0.29) is 6.54 Å². The fourth-order valence-electron chi connectivity index (χ4n) is 1.14. The summed E-state index contributed by atoms with van der Waals surface area (Å²) in [7, 11) is 0. The molecule has 1 atom stereocenters. The van der Waals surface area contributed by atoms with E-state index in [9.17, 15) is 4.79 Å². The molecule has 0 saturated heterocycles. The molecule has 0 spiro atoms. The first-order chi connectivity index (χ1) is 6.06. The minimum Gasteiger partial charge on any atom is -0.480 e. The molecule has 0 amide bonds. The Morgan fingerprint density at radius 2 is 2.31 bits per heavy atom.